The van der Waals surface area contributed by atoms with Crippen molar-refractivity contribution in [1.82, 2.24) is 9.78 Å². The summed E-state index contributed by atoms with van der Waals surface area (Å²) in [5, 5.41) is 14.4. The standard InChI is InChI=1S/C20H21N3O2/c1-4-25-19-12-16(10-11-18(19)24)13-21-20-14(2)22-23(15(20)3)17-8-6-5-7-9-17/h5-13,24H,4H2,1-3H3. The summed E-state index contributed by atoms with van der Waals surface area (Å²) in [5.41, 5.74) is 4.54. The van der Waals surface area contributed by atoms with Crippen molar-refractivity contribution in [2.24, 2.45) is 4.99 Å². The summed E-state index contributed by atoms with van der Waals surface area (Å²) < 4.78 is 7.30. The summed E-state index contributed by atoms with van der Waals surface area (Å²) in [6.07, 6.45) is 1.76. The predicted octanol–water partition coefficient (Wildman–Crippen LogP) is 4.34. The van der Waals surface area contributed by atoms with Gasteiger partial charge in [0.25, 0.3) is 0 Å². The fourth-order valence-electron chi connectivity index (χ4n) is 2.66. The van der Waals surface area contributed by atoms with Crippen molar-refractivity contribution in [1.29, 1.82) is 0 Å². The zero-order chi connectivity index (χ0) is 17.8. The Morgan fingerprint density at radius 1 is 1.16 bits per heavy atom. The molecule has 1 heterocycles. The summed E-state index contributed by atoms with van der Waals surface area (Å²) in [5.74, 6) is 0.586. The first kappa shape index (κ1) is 16.8. The number of aryl methyl sites for hydroxylation is 1. The first-order valence-corrected chi connectivity index (χ1v) is 8.21. The van der Waals surface area contributed by atoms with Crippen molar-refractivity contribution < 1.29 is 9.84 Å². The minimum Gasteiger partial charge on any atom is -0.504 e. The molecule has 1 aromatic heterocycles. The molecule has 5 heteroatoms. The molecule has 0 aliphatic rings. The first-order valence-electron chi connectivity index (χ1n) is 8.21. The predicted molar refractivity (Wildman–Crippen MR) is 99.6 cm³/mol. The van der Waals surface area contributed by atoms with Gasteiger partial charge in [0.1, 0.15) is 5.69 Å². The largest absolute Gasteiger partial charge is 0.504 e. The van der Waals surface area contributed by atoms with Crippen molar-refractivity contribution in [3.63, 3.8) is 0 Å². The summed E-state index contributed by atoms with van der Waals surface area (Å²) in [6.45, 7) is 6.32. The van der Waals surface area contributed by atoms with E-state index in [-0.39, 0.29) is 5.75 Å². The third-order valence-electron chi connectivity index (χ3n) is 3.88. The van der Waals surface area contributed by atoms with Crippen LogP contribution < -0.4 is 4.74 Å². The normalized spacial score (nSPS) is 11.2. The molecule has 0 radical (unpaired) electrons. The van der Waals surface area contributed by atoms with Gasteiger partial charge in [-0.05, 0) is 56.7 Å². The van der Waals surface area contributed by atoms with Crippen LogP contribution in [0.15, 0.2) is 53.5 Å². The molecule has 1 N–H and O–H groups in total. The monoisotopic (exact) mass is 335 g/mol. The number of hydrogen-bond donors (Lipinski definition) is 1. The molecule has 25 heavy (non-hydrogen) atoms. The zero-order valence-electron chi connectivity index (χ0n) is 14.6. The molecule has 0 bridgehead atoms. The van der Waals surface area contributed by atoms with Crippen molar-refractivity contribution in [3.05, 3.63) is 65.5 Å². The van der Waals surface area contributed by atoms with E-state index in [1.807, 2.05) is 55.8 Å². The second-order valence-corrected chi connectivity index (χ2v) is 5.69. The molecule has 3 aromatic rings. The lowest BCUT2D eigenvalue weighted by Crippen LogP contribution is -1.98. The van der Waals surface area contributed by atoms with Gasteiger partial charge in [-0.2, -0.15) is 5.10 Å². The molecular weight excluding hydrogens is 314 g/mol. The van der Waals surface area contributed by atoms with Crippen LogP contribution >= 0.6 is 0 Å². The second-order valence-electron chi connectivity index (χ2n) is 5.69. The van der Waals surface area contributed by atoms with Crippen LogP contribution in [-0.4, -0.2) is 27.7 Å². The summed E-state index contributed by atoms with van der Waals surface area (Å²) in [4.78, 5) is 4.61. The van der Waals surface area contributed by atoms with Crippen LogP contribution in [0.3, 0.4) is 0 Å². The Kier molecular flexibility index (Phi) is 4.84. The maximum atomic E-state index is 9.79. The van der Waals surface area contributed by atoms with E-state index in [0.29, 0.717) is 12.4 Å². The van der Waals surface area contributed by atoms with Gasteiger partial charge in [0, 0.05) is 6.21 Å². The van der Waals surface area contributed by atoms with Gasteiger partial charge in [-0.3, -0.25) is 4.99 Å². The molecule has 3 rings (SSSR count). The van der Waals surface area contributed by atoms with E-state index in [2.05, 4.69) is 10.1 Å². The number of aromatic hydroxyl groups is 1. The fourth-order valence-corrected chi connectivity index (χ4v) is 2.66. The van der Waals surface area contributed by atoms with Crippen LogP contribution in [0.4, 0.5) is 5.69 Å². The lowest BCUT2D eigenvalue weighted by Gasteiger charge is -2.06. The molecule has 0 aliphatic heterocycles. The van der Waals surface area contributed by atoms with Gasteiger partial charge in [0.2, 0.25) is 0 Å². The fraction of sp³-hybridized carbons (Fsp3) is 0.200. The molecule has 128 valence electrons. The summed E-state index contributed by atoms with van der Waals surface area (Å²) in [7, 11) is 0. The van der Waals surface area contributed by atoms with Gasteiger partial charge in [0.15, 0.2) is 11.5 Å². The lowest BCUT2D eigenvalue weighted by molar-refractivity contribution is 0.318. The van der Waals surface area contributed by atoms with Crippen LogP contribution in [0.2, 0.25) is 0 Å². The van der Waals surface area contributed by atoms with Gasteiger partial charge >= 0.3 is 0 Å². The SMILES string of the molecule is CCOc1cc(C=Nc2c(C)nn(-c3ccccc3)c2C)ccc1O. The molecule has 5 nitrogen and oxygen atoms in total. The Morgan fingerprint density at radius 2 is 1.92 bits per heavy atom. The van der Waals surface area contributed by atoms with E-state index in [4.69, 9.17) is 4.74 Å². The van der Waals surface area contributed by atoms with Crippen LogP contribution in [0, 0.1) is 13.8 Å². The number of hydrogen-bond acceptors (Lipinski definition) is 4. The highest BCUT2D eigenvalue weighted by atomic mass is 16.5. The van der Waals surface area contributed by atoms with Gasteiger partial charge in [-0.1, -0.05) is 18.2 Å². The van der Waals surface area contributed by atoms with Crippen LogP contribution in [0.25, 0.3) is 5.69 Å². The van der Waals surface area contributed by atoms with E-state index in [1.54, 1.807) is 24.4 Å². The van der Waals surface area contributed by atoms with Crippen molar-refractivity contribution in [2.45, 2.75) is 20.8 Å². The van der Waals surface area contributed by atoms with Crippen molar-refractivity contribution in [2.75, 3.05) is 6.61 Å². The maximum absolute atomic E-state index is 9.79. The van der Waals surface area contributed by atoms with Gasteiger partial charge in [-0.15, -0.1) is 0 Å². The van der Waals surface area contributed by atoms with Gasteiger partial charge in [-0.25, -0.2) is 4.68 Å². The third kappa shape index (κ3) is 3.55. The van der Waals surface area contributed by atoms with Gasteiger partial charge < -0.3 is 9.84 Å². The van der Waals surface area contributed by atoms with Crippen LogP contribution in [-0.2, 0) is 0 Å². The number of para-hydroxylation sites is 1. The van der Waals surface area contributed by atoms with Crippen molar-refractivity contribution >= 4 is 11.9 Å². The van der Waals surface area contributed by atoms with E-state index >= 15 is 0 Å². The molecule has 0 spiro atoms. The third-order valence-corrected chi connectivity index (χ3v) is 3.88. The molecular formula is C20H21N3O2. The molecule has 0 saturated carbocycles. The minimum atomic E-state index is 0.128. The number of benzene rings is 2. The average Bonchev–Trinajstić information content (AvgIpc) is 2.91. The summed E-state index contributed by atoms with van der Waals surface area (Å²) in [6, 6.07) is 15.2. The Bertz CT molecular complexity index is 899. The number of aromatic nitrogens is 2. The Balaban J connectivity index is 1.92. The number of phenols is 1. The highest BCUT2D eigenvalue weighted by molar-refractivity contribution is 5.83. The summed E-state index contributed by atoms with van der Waals surface area (Å²) >= 11 is 0. The number of phenolic OH excluding ortho intramolecular Hbond substituents is 1. The molecule has 0 unspecified atom stereocenters. The van der Waals surface area contributed by atoms with Crippen LogP contribution in [0.1, 0.15) is 23.9 Å². The number of ether oxygens (including phenoxy) is 1. The Labute approximate surface area is 147 Å². The smallest absolute Gasteiger partial charge is 0.161 e. The highest BCUT2D eigenvalue weighted by Gasteiger charge is 2.11. The number of rotatable bonds is 5. The average molecular weight is 335 g/mol. The molecule has 0 fully saturated rings. The number of aliphatic imine (C=N–C) groups is 1. The quantitative estimate of drug-likeness (QED) is 0.705. The highest BCUT2D eigenvalue weighted by Crippen LogP contribution is 2.28. The van der Waals surface area contributed by atoms with Crippen molar-refractivity contribution in [3.8, 4) is 17.2 Å². The Hall–Kier alpha value is -3.08. The van der Waals surface area contributed by atoms with Gasteiger partial charge in [0.05, 0.1) is 23.7 Å². The van der Waals surface area contributed by atoms with E-state index in [0.717, 1.165) is 28.3 Å². The maximum Gasteiger partial charge on any atom is 0.161 e. The van der Waals surface area contributed by atoms with E-state index in [9.17, 15) is 5.11 Å². The lowest BCUT2D eigenvalue weighted by atomic mass is 10.2. The zero-order valence-corrected chi connectivity index (χ0v) is 14.6. The molecule has 0 atom stereocenters. The first-order chi connectivity index (χ1) is 12.1. The second kappa shape index (κ2) is 7.21. The van der Waals surface area contributed by atoms with E-state index < -0.39 is 0 Å². The Morgan fingerprint density at radius 3 is 2.64 bits per heavy atom. The van der Waals surface area contributed by atoms with E-state index in [1.165, 1.54) is 0 Å². The topological polar surface area (TPSA) is 59.6 Å². The molecule has 2 aromatic carbocycles. The molecule has 0 aliphatic carbocycles. The molecule has 0 saturated heterocycles. The minimum absolute atomic E-state index is 0.128. The molecule has 0 amide bonds. The number of nitrogens with zero attached hydrogens (tertiary/aromatic N) is 3. The van der Waals surface area contributed by atoms with Crippen LogP contribution in [0.5, 0.6) is 11.5 Å².